The Hall–Kier alpha value is -1.30. The number of nitrogens with one attached hydrogen (secondary N) is 1. The van der Waals surface area contributed by atoms with Crippen LogP contribution in [0, 0.1) is 0 Å². The van der Waals surface area contributed by atoms with Crippen LogP contribution in [0.4, 0.5) is 11.4 Å². The van der Waals surface area contributed by atoms with Crippen LogP contribution in [0.5, 0.6) is 0 Å². The van der Waals surface area contributed by atoms with Gasteiger partial charge in [0.1, 0.15) is 6.10 Å². The van der Waals surface area contributed by atoms with Crippen molar-refractivity contribution in [3.05, 3.63) is 23.2 Å². The minimum atomic E-state index is -0.581. The van der Waals surface area contributed by atoms with Gasteiger partial charge in [0.25, 0.3) is 5.91 Å². The molecule has 0 aliphatic carbocycles. The molecule has 0 aliphatic heterocycles. The molecule has 1 amide bonds. The zero-order chi connectivity index (χ0) is 14.4. The average Bonchev–Trinajstić information content (AvgIpc) is 2.34. The van der Waals surface area contributed by atoms with Crippen LogP contribution in [-0.2, 0) is 14.3 Å². The summed E-state index contributed by atoms with van der Waals surface area (Å²) in [6, 6.07) is 4.92. The first-order chi connectivity index (χ1) is 8.93. The summed E-state index contributed by atoms with van der Waals surface area (Å²) in [6.45, 7) is 3.96. The molecule has 0 saturated carbocycles. The van der Waals surface area contributed by atoms with Crippen LogP contribution < -0.4 is 11.1 Å². The van der Waals surface area contributed by atoms with Crippen LogP contribution in [0.15, 0.2) is 18.2 Å². The largest absolute Gasteiger partial charge is 0.397 e. The first-order valence-corrected chi connectivity index (χ1v) is 6.32. The van der Waals surface area contributed by atoms with Crippen molar-refractivity contribution in [2.75, 3.05) is 24.8 Å². The fourth-order valence-electron chi connectivity index (χ4n) is 1.55. The lowest BCUT2D eigenvalue weighted by molar-refractivity contribution is -0.131. The summed E-state index contributed by atoms with van der Waals surface area (Å²) in [4.78, 5) is 11.9. The van der Waals surface area contributed by atoms with E-state index in [9.17, 15) is 4.79 Å². The van der Waals surface area contributed by atoms with Crippen molar-refractivity contribution in [2.24, 2.45) is 0 Å². The molecule has 0 spiro atoms. The average molecular weight is 287 g/mol. The number of rotatable bonds is 6. The van der Waals surface area contributed by atoms with Crippen LogP contribution >= 0.6 is 11.6 Å². The summed E-state index contributed by atoms with van der Waals surface area (Å²) >= 11 is 5.81. The van der Waals surface area contributed by atoms with Gasteiger partial charge in [-0.2, -0.15) is 0 Å². The zero-order valence-electron chi connectivity index (χ0n) is 11.3. The van der Waals surface area contributed by atoms with E-state index < -0.39 is 6.10 Å². The number of nitrogen functional groups attached to an aromatic ring is 1. The van der Waals surface area contributed by atoms with Crippen LogP contribution in [0.2, 0.25) is 5.02 Å². The van der Waals surface area contributed by atoms with Crippen LogP contribution in [0.1, 0.15) is 13.8 Å². The number of hydrogen-bond acceptors (Lipinski definition) is 4. The van der Waals surface area contributed by atoms with Crippen molar-refractivity contribution in [3.63, 3.8) is 0 Å². The first kappa shape index (κ1) is 15.8. The molecule has 2 atom stereocenters. The van der Waals surface area contributed by atoms with E-state index in [4.69, 9.17) is 26.8 Å². The van der Waals surface area contributed by atoms with Gasteiger partial charge < -0.3 is 20.5 Å². The van der Waals surface area contributed by atoms with Crippen molar-refractivity contribution in [1.29, 1.82) is 0 Å². The molecule has 1 rings (SSSR count). The van der Waals surface area contributed by atoms with Gasteiger partial charge in [0.15, 0.2) is 0 Å². The highest BCUT2D eigenvalue weighted by atomic mass is 35.5. The molecule has 6 heteroatoms. The van der Waals surface area contributed by atoms with Gasteiger partial charge >= 0.3 is 0 Å². The van der Waals surface area contributed by atoms with Gasteiger partial charge in [0.2, 0.25) is 0 Å². The van der Waals surface area contributed by atoms with E-state index in [0.717, 1.165) is 0 Å². The van der Waals surface area contributed by atoms with Crippen molar-refractivity contribution in [3.8, 4) is 0 Å². The van der Waals surface area contributed by atoms with Crippen LogP contribution in [0.25, 0.3) is 0 Å². The van der Waals surface area contributed by atoms with Gasteiger partial charge in [0, 0.05) is 12.8 Å². The molecule has 1 aromatic carbocycles. The zero-order valence-corrected chi connectivity index (χ0v) is 12.0. The standard InChI is InChI=1S/C13H19ClN2O3/c1-8(7-18-3)19-9(2)13(17)16-10-4-5-11(14)12(15)6-10/h4-6,8-9H,7,15H2,1-3H3,(H,16,17). The quantitative estimate of drug-likeness (QED) is 0.787. The summed E-state index contributed by atoms with van der Waals surface area (Å²) in [5.41, 5.74) is 6.66. The summed E-state index contributed by atoms with van der Waals surface area (Å²) in [5.74, 6) is -0.246. The lowest BCUT2D eigenvalue weighted by atomic mass is 10.2. The first-order valence-electron chi connectivity index (χ1n) is 5.94. The smallest absolute Gasteiger partial charge is 0.253 e. The van der Waals surface area contributed by atoms with E-state index in [-0.39, 0.29) is 12.0 Å². The number of methoxy groups -OCH3 is 1. The Morgan fingerprint density at radius 3 is 2.74 bits per heavy atom. The molecule has 106 valence electrons. The van der Waals surface area contributed by atoms with Gasteiger partial charge in [-0.3, -0.25) is 4.79 Å². The second-order valence-corrected chi connectivity index (χ2v) is 4.68. The Balaban J connectivity index is 2.56. The molecule has 0 radical (unpaired) electrons. The summed E-state index contributed by atoms with van der Waals surface area (Å²) < 4.78 is 10.4. The van der Waals surface area contributed by atoms with E-state index in [0.29, 0.717) is 23.0 Å². The van der Waals surface area contributed by atoms with E-state index >= 15 is 0 Å². The molecule has 19 heavy (non-hydrogen) atoms. The fourth-order valence-corrected chi connectivity index (χ4v) is 1.67. The van der Waals surface area contributed by atoms with E-state index in [1.54, 1.807) is 32.2 Å². The van der Waals surface area contributed by atoms with Crippen LogP contribution in [0.3, 0.4) is 0 Å². The summed E-state index contributed by atoms with van der Waals surface area (Å²) in [5, 5.41) is 3.17. The Bertz CT molecular complexity index is 440. The lowest BCUT2D eigenvalue weighted by Crippen LogP contribution is -2.32. The number of ether oxygens (including phenoxy) is 2. The number of benzene rings is 1. The number of carbonyl (C=O) groups is 1. The van der Waals surface area contributed by atoms with Gasteiger partial charge in [-0.15, -0.1) is 0 Å². The molecular formula is C13H19ClN2O3. The number of anilines is 2. The molecule has 0 aromatic heterocycles. The molecule has 3 N–H and O–H groups in total. The third-order valence-electron chi connectivity index (χ3n) is 2.47. The van der Waals surface area contributed by atoms with Gasteiger partial charge in [-0.25, -0.2) is 0 Å². The predicted molar refractivity (Wildman–Crippen MR) is 76.4 cm³/mol. The monoisotopic (exact) mass is 286 g/mol. The number of amides is 1. The topological polar surface area (TPSA) is 73.6 Å². The second kappa shape index (κ2) is 7.33. The maximum Gasteiger partial charge on any atom is 0.253 e. The van der Waals surface area contributed by atoms with E-state index in [1.807, 2.05) is 6.92 Å². The minimum absolute atomic E-state index is 0.152. The normalized spacial score (nSPS) is 13.9. The highest BCUT2D eigenvalue weighted by Gasteiger charge is 2.17. The predicted octanol–water partition coefficient (Wildman–Crippen LogP) is 2.30. The highest BCUT2D eigenvalue weighted by molar-refractivity contribution is 6.33. The van der Waals surface area contributed by atoms with Crippen molar-refractivity contribution < 1.29 is 14.3 Å². The summed E-state index contributed by atoms with van der Waals surface area (Å²) in [7, 11) is 1.58. The van der Waals surface area contributed by atoms with Crippen molar-refractivity contribution in [2.45, 2.75) is 26.1 Å². The number of halogens is 1. The fraction of sp³-hybridized carbons (Fsp3) is 0.462. The van der Waals surface area contributed by atoms with Gasteiger partial charge in [-0.1, -0.05) is 11.6 Å². The SMILES string of the molecule is COCC(C)OC(C)C(=O)Nc1ccc(Cl)c(N)c1. The van der Waals surface area contributed by atoms with Crippen molar-refractivity contribution in [1.82, 2.24) is 0 Å². The molecule has 2 unspecified atom stereocenters. The molecule has 0 aliphatic rings. The van der Waals surface area contributed by atoms with E-state index in [1.165, 1.54) is 0 Å². The van der Waals surface area contributed by atoms with Crippen LogP contribution in [-0.4, -0.2) is 31.8 Å². The molecule has 0 saturated heterocycles. The van der Waals surface area contributed by atoms with E-state index in [2.05, 4.69) is 5.32 Å². The Morgan fingerprint density at radius 2 is 2.16 bits per heavy atom. The molecule has 0 heterocycles. The van der Waals surface area contributed by atoms with Gasteiger partial charge in [0.05, 0.1) is 23.4 Å². The number of nitrogens with two attached hydrogens (primary N) is 1. The second-order valence-electron chi connectivity index (χ2n) is 4.27. The van der Waals surface area contributed by atoms with Crippen molar-refractivity contribution >= 4 is 28.9 Å². The third kappa shape index (κ3) is 5.06. The Morgan fingerprint density at radius 1 is 1.47 bits per heavy atom. The Labute approximate surface area is 118 Å². The maximum atomic E-state index is 11.9. The number of carbonyl (C=O) groups excluding carboxylic acids is 1. The molecular weight excluding hydrogens is 268 g/mol. The minimum Gasteiger partial charge on any atom is -0.397 e. The molecule has 1 aromatic rings. The third-order valence-corrected chi connectivity index (χ3v) is 2.81. The number of hydrogen-bond donors (Lipinski definition) is 2. The maximum absolute atomic E-state index is 11.9. The molecule has 0 fully saturated rings. The molecule has 0 bridgehead atoms. The summed E-state index contributed by atoms with van der Waals surface area (Å²) in [6.07, 6.45) is -0.733. The molecule has 5 nitrogen and oxygen atoms in total. The Kier molecular flexibility index (Phi) is 6.08. The van der Waals surface area contributed by atoms with Gasteiger partial charge in [-0.05, 0) is 32.0 Å². The lowest BCUT2D eigenvalue weighted by Gasteiger charge is -2.18. The highest BCUT2D eigenvalue weighted by Crippen LogP contribution is 2.22.